The van der Waals surface area contributed by atoms with Crippen LogP contribution in [0.3, 0.4) is 0 Å². The molecule has 1 fully saturated rings. The number of hydrogen-bond acceptors (Lipinski definition) is 5. The van der Waals surface area contributed by atoms with Crippen molar-refractivity contribution in [2.75, 3.05) is 29.9 Å². The maximum Gasteiger partial charge on any atom is 0.319 e. The number of piperidine rings is 1. The number of rotatable bonds is 6. The van der Waals surface area contributed by atoms with E-state index in [1.807, 2.05) is 0 Å². The van der Waals surface area contributed by atoms with E-state index in [9.17, 15) is 13.6 Å². The Labute approximate surface area is 183 Å². The zero-order chi connectivity index (χ0) is 21.6. The first-order valence-corrected chi connectivity index (χ1v) is 11.0. The molecule has 1 aromatic heterocycles. The maximum absolute atomic E-state index is 13.6. The minimum Gasteiger partial charge on any atom is -0.347 e. The van der Waals surface area contributed by atoms with Gasteiger partial charge in [-0.15, -0.1) is 0 Å². The zero-order valence-electron chi connectivity index (χ0n) is 16.9. The summed E-state index contributed by atoms with van der Waals surface area (Å²) >= 11 is 1.38. The Balaban J connectivity index is 1.22. The van der Waals surface area contributed by atoms with Crippen molar-refractivity contribution in [3.8, 4) is 0 Å². The molecule has 162 valence electrons. The van der Waals surface area contributed by atoms with Crippen molar-refractivity contribution < 1.29 is 13.6 Å². The van der Waals surface area contributed by atoms with Gasteiger partial charge in [0.1, 0.15) is 17.5 Å². The number of hydrogen-bond donors (Lipinski definition) is 2. The van der Waals surface area contributed by atoms with Crippen LogP contribution in [0.25, 0.3) is 0 Å². The zero-order valence-corrected chi connectivity index (χ0v) is 17.7. The number of nitrogens with one attached hydrogen (secondary N) is 2. The van der Waals surface area contributed by atoms with Gasteiger partial charge in [-0.25, -0.2) is 18.6 Å². The quantitative estimate of drug-likeness (QED) is 0.591. The average Bonchev–Trinajstić information content (AvgIpc) is 3.24. The molecule has 2 heterocycles. The van der Waals surface area contributed by atoms with Gasteiger partial charge in [-0.05, 0) is 48.6 Å². The third kappa shape index (κ3) is 5.75. The summed E-state index contributed by atoms with van der Waals surface area (Å²) in [6.45, 7) is 2.22. The number of carbonyl (C=O) groups excluding carboxylic acids is 1. The van der Waals surface area contributed by atoms with Crippen LogP contribution in [-0.4, -0.2) is 35.0 Å². The van der Waals surface area contributed by atoms with Crippen LogP contribution in [0.5, 0.6) is 0 Å². The molecule has 0 atom stereocenters. The number of para-hydroxylation sites is 1. The van der Waals surface area contributed by atoms with Crippen molar-refractivity contribution in [2.24, 2.45) is 5.92 Å². The molecule has 6 nitrogen and oxygen atoms in total. The first kappa shape index (κ1) is 21.2. The van der Waals surface area contributed by atoms with Crippen LogP contribution in [-0.2, 0) is 6.42 Å². The molecule has 2 amide bonds. The first-order valence-electron chi connectivity index (χ1n) is 10.2. The molecule has 0 saturated carbocycles. The highest BCUT2D eigenvalue weighted by molar-refractivity contribution is 7.09. The lowest BCUT2D eigenvalue weighted by atomic mass is 9.97. The SMILES string of the molecule is O=C(NCC1CCN(c2nc(Cc3ccc(F)cc3)ns2)CC1)Nc1ccccc1F. The second-order valence-electron chi connectivity index (χ2n) is 7.54. The highest BCUT2D eigenvalue weighted by Gasteiger charge is 2.22. The molecular formula is C22H23F2N5OS. The van der Waals surface area contributed by atoms with Gasteiger partial charge < -0.3 is 15.5 Å². The van der Waals surface area contributed by atoms with Gasteiger partial charge in [0.15, 0.2) is 0 Å². The normalized spacial score (nSPS) is 14.5. The third-order valence-electron chi connectivity index (χ3n) is 5.29. The molecule has 0 aliphatic carbocycles. The molecule has 9 heteroatoms. The van der Waals surface area contributed by atoms with Crippen molar-refractivity contribution in [1.82, 2.24) is 14.7 Å². The number of nitrogens with zero attached hydrogens (tertiary/aromatic N) is 3. The second-order valence-corrected chi connectivity index (χ2v) is 8.27. The van der Waals surface area contributed by atoms with E-state index in [0.717, 1.165) is 42.5 Å². The standard InChI is InChI=1S/C22H23F2N5OS/c23-17-7-5-15(6-8-17)13-20-27-22(31-28-20)29-11-9-16(10-12-29)14-25-21(30)26-19-4-2-1-3-18(19)24/h1-8,16H,9-14H2,(H2,25,26,30). The molecule has 3 aromatic rings. The number of urea groups is 1. The van der Waals surface area contributed by atoms with Crippen LogP contribution >= 0.6 is 11.5 Å². The van der Waals surface area contributed by atoms with Crippen LogP contribution < -0.4 is 15.5 Å². The highest BCUT2D eigenvalue weighted by atomic mass is 32.1. The lowest BCUT2D eigenvalue weighted by molar-refractivity contribution is 0.248. The third-order valence-corrected chi connectivity index (χ3v) is 6.11. The van der Waals surface area contributed by atoms with E-state index in [1.54, 1.807) is 24.3 Å². The fraction of sp³-hybridized carbons (Fsp3) is 0.318. The Morgan fingerprint density at radius 1 is 1.10 bits per heavy atom. The van der Waals surface area contributed by atoms with Crippen LogP contribution in [0.15, 0.2) is 48.5 Å². The molecule has 4 rings (SSSR count). The smallest absolute Gasteiger partial charge is 0.319 e. The fourth-order valence-corrected chi connectivity index (χ4v) is 4.26. The van der Waals surface area contributed by atoms with Gasteiger partial charge in [0.05, 0.1) is 5.69 Å². The number of aromatic nitrogens is 2. The van der Waals surface area contributed by atoms with E-state index < -0.39 is 11.8 Å². The summed E-state index contributed by atoms with van der Waals surface area (Å²) in [7, 11) is 0. The summed E-state index contributed by atoms with van der Waals surface area (Å²) in [5.74, 6) is 0.383. The number of carbonyl (C=O) groups is 1. The number of amides is 2. The number of halogens is 2. The topological polar surface area (TPSA) is 70.2 Å². The summed E-state index contributed by atoms with van der Waals surface area (Å²) in [6, 6.07) is 12.1. The van der Waals surface area contributed by atoms with Crippen LogP contribution in [0.2, 0.25) is 0 Å². The van der Waals surface area contributed by atoms with Gasteiger partial charge in [0.2, 0.25) is 5.13 Å². The fourth-order valence-electron chi connectivity index (χ4n) is 3.52. The van der Waals surface area contributed by atoms with Gasteiger partial charge in [0, 0.05) is 37.6 Å². The summed E-state index contributed by atoms with van der Waals surface area (Å²) in [5.41, 5.74) is 1.15. The minimum absolute atomic E-state index is 0.169. The Hall–Kier alpha value is -3.07. The molecule has 31 heavy (non-hydrogen) atoms. The Kier molecular flexibility index (Phi) is 6.71. The molecule has 1 saturated heterocycles. The van der Waals surface area contributed by atoms with Gasteiger partial charge in [-0.3, -0.25) is 0 Å². The summed E-state index contributed by atoms with van der Waals surface area (Å²) < 4.78 is 31.1. The molecule has 0 unspecified atom stereocenters. The van der Waals surface area contributed by atoms with Gasteiger partial charge in [-0.1, -0.05) is 24.3 Å². The van der Waals surface area contributed by atoms with E-state index in [4.69, 9.17) is 0 Å². The Morgan fingerprint density at radius 2 is 1.84 bits per heavy atom. The van der Waals surface area contributed by atoms with E-state index in [1.165, 1.54) is 35.8 Å². The average molecular weight is 444 g/mol. The van der Waals surface area contributed by atoms with Crippen LogP contribution in [0.1, 0.15) is 24.2 Å². The molecule has 0 spiro atoms. The summed E-state index contributed by atoms with van der Waals surface area (Å²) in [4.78, 5) is 18.9. The lowest BCUT2D eigenvalue weighted by Gasteiger charge is -2.31. The van der Waals surface area contributed by atoms with Crippen molar-refractivity contribution in [3.63, 3.8) is 0 Å². The van der Waals surface area contributed by atoms with Gasteiger partial charge in [0.25, 0.3) is 0 Å². The molecular weight excluding hydrogens is 420 g/mol. The molecule has 2 N–H and O–H groups in total. The van der Waals surface area contributed by atoms with Gasteiger partial charge in [-0.2, -0.15) is 4.37 Å². The second kappa shape index (κ2) is 9.82. The lowest BCUT2D eigenvalue weighted by Crippen LogP contribution is -2.39. The minimum atomic E-state index is -0.457. The van der Waals surface area contributed by atoms with Crippen molar-refractivity contribution in [2.45, 2.75) is 19.3 Å². The van der Waals surface area contributed by atoms with Crippen molar-refractivity contribution in [1.29, 1.82) is 0 Å². The predicted octanol–water partition coefficient (Wildman–Crippen LogP) is 4.45. The van der Waals surface area contributed by atoms with E-state index in [2.05, 4.69) is 24.9 Å². The highest BCUT2D eigenvalue weighted by Crippen LogP contribution is 2.25. The molecule has 0 bridgehead atoms. The Morgan fingerprint density at radius 3 is 2.58 bits per heavy atom. The summed E-state index contributed by atoms with van der Waals surface area (Å²) in [5, 5.41) is 6.26. The number of anilines is 2. The van der Waals surface area contributed by atoms with E-state index in [-0.39, 0.29) is 11.5 Å². The number of benzene rings is 2. The molecule has 0 radical (unpaired) electrons. The van der Waals surface area contributed by atoms with Crippen LogP contribution in [0.4, 0.5) is 24.4 Å². The molecule has 2 aromatic carbocycles. The van der Waals surface area contributed by atoms with Crippen LogP contribution in [0, 0.1) is 17.6 Å². The maximum atomic E-state index is 13.6. The van der Waals surface area contributed by atoms with Crippen molar-refractivity contribution in [3.05, 3.63) is 71.6 Å². The first-order chi connectivity index (χ1) is 15.1. The molecule has 1 aliphatic rings. The molecule has 1 aliphatic heterocycles. The summed E-state index contributed by atoms with van der Waals surface area (Å²) in [6.07, 6.45) is 2.42. The monoisotopic (exact) mass is 443 g/mol. The van der Waals surface area contributed by atoms with Crippen molar-refractivity contribution >= 4 is 28.4 Å². The van der Waals surface area contributed by atoms with E-state index in [0.29, 0.717) is 18.9 Å². The predicted molar refractivity (Wildman–Crippen MR) is 117 cm³/mol. The van der Waals surface area contributed by atoms with Gasteiger partial charge >= 0.3 is 6.03 Å². The van der Waals surface area contributed by atoms with E-state index >= 15 is 0 Å². The Bertz CT molecular complexity index is 1020. The largest absolute Gasteiger partial charge is 0.347 e.